The van der Waals surface area contributed by atoms with E-state index in [1.807, 2.05) is 35.6 Å². The van der Waals surface area contributed by atoms with Gasteiger partial charge in [-0.25, -0.2) is 9.20 Å². The molecule has 0 saturated carbocycles. The van der Waals surface area contributed by atoms with Gasteiger partial charge in [0, 0.05) is 34.8 Å². The number of nitrogens with zero attached hydrogens (tertiary/aromatic N) is 4. The second-order valence-electron chi connectivity index (χ2n) is 7.94. The quantitative estimate of drug-likeness (QED) is 0.435. The highest BCUT2D eigenvalue weighted by molar-refractivity contribution is 7.19. The molecular weight excluding hydrogens is 392 g/mol. The number of likely N-dealkylation sites (N-methyl/N-ethyl adjacent to an activating group) is 1. The molecule has 2 aromatic carbocycles. The fourth-order valence-corrected chi connectivity index (χ4v) is 5.65. The van der Waals surface area contributed by atoms with Gasteiger partial charge < -0.3 is 4.90 Å². The van der Waals surface area contributed by atoms with Gasteiger partial charge in [0.25, 0.3) is 0 Å². The van der Waals surface area contributed by atoms with Gasteiger partial charge in [-0.1, -0.05) is 30.3 Å². The van der Waals surface area contributed by atoms with Crippen molar-refractivity contribution in [2.24, 2.45) is 0 Å². The molecule has 5 nitrogen and oxygen atoms in total. The van der Waals surface area contributed by atoms with Crippen molar-refractivity contribution in [2.45, 2.75) is 12.5 Å². The van der Waals surface area contributed by atoms with Crippen molar-refractivity contribution in [3.8, 4) is 5.69 Å². The molecular formula is C24H20N4OS. The van der Waals surface area contributed by atoms with E-state index >= 15 is 0 Å². The highest BCUT2D eigenvalue weighted by atomic mass is 32.1. The van der Waals surface area contributed by atoms with Crippen molar-refractivity contribution in [3.05, 3.63) is 99.4 Å². The Labute approximate surface area is 177 Å². The predicted molar refractivity (Wildman–Crippen MR) is 121 cm³/mol. The molecule has 0 aliphatic carbocycles. The van der Waals surface area contributed by atoms with Crippen LogP contribution in [0.2, 0.25) is 0 Å². The lowest BCUT2D eigenvalue weighted by Gasteiger charge is -2.32. The molecule has 0 saturated heterocycles. The van der Waals surface area contributed by atoms with E-state index in [2.05, 4.69) is 59.5 Å². The fourth-order valence-electron chi connectivity index (χ4n) is 4.48. The van der Waals surface area contributed by atoms with Gasteiger partial charge in [-0.05, 0) is 60.0 Å². The van der Waals surface area contributed by atoms with Gasteiger partial charge in [-0.3, -0.25) is 0 Å². The predicted octanol–water partition coefficient (Wildman–Crippen LogP) is 4.28. The van der Waals surface area contributed by atoms with Crippen LogP contribution in [-0.2, 0) is 6.54 Å². The first-order valence-electron chi connectivity index (χ1n) is 10.0. The van der Waals surface area contributed by atoms with Crippen LogP contribution in [0, 0.1) is 0 Å². The molecule has 1 aliphatic heterocycles. The van der Waals surface area contributed by atoms with Crippen molar-refractivity contribution in [1.82, 2.24) is 19.1 Å². The molecule has 30 heavy (non-hydrogen) atoms. The first kappa shape index (κ1) is 17.6. The lowest BCUT2D eigenvalue weighted by molar-refractivity contribution is 0.296. The monoisotopic (exact) mass is 412 g/mol. The first-order chi connectivity index (χ1) is 14.7. The summed E-state index contributed by atoms with van der Waals surface area (Å²) in [6.07, 6.45) is 1.75. The molecule has 5 aromatic rings. The standard InChI is InChI=1S/C24H20N4OS/c1-26-14-17-12-18(28-24(29)27-11-5-4-8-23(27)25-28)9-10-19(17)20(15-26)22-13-16-6-2-3-7-21(16)30-22/h2-13,20H,14-15H2,1H3. The molecule has 0 amide bonds. The lowest BCUT2D eigenvalue weighted by atomic mass is 9.88. The van der Waals surface area contributed by atoms with Crippen LogP contribution in [0.4, 0.5) is 0 Å². The minimum atomic E-state index is -0.143. The van der Waals surface area contributed by atoms with Crippen LogP contribution in [-0.4, -0.2) is 32.7 Å². The van der Waals surface area contributed by atoms with Crippen LogP contribution in [0.3, 0.4) is 0 Å². The highest BCUT2D eigenvalue weighted by Crippen LogP contribution is 2.39. The number of rotatable bonds is 2. The van der Waals surface area contributed by atoms with Gasteiger partial charge in [0.1, 0.15) is 0 Å². The molecule has 0 fully saturated rings. The first-order valence-corrected chi connectivity index (χ1v) is 10.9. The van der Waals surface area contributed by atoms with E-state index in [0.717, 1.165) is 18.8 Å². The Kier molecular flexibility index (Phi) is 3.91. The number of fused-ring (bicyclic) bond motifs is 3. The third kappa shape index (κ3) is 2.72. The molecule has 0 radical (unpaired) electrons. The minimum absolute atomic E-state index is 0.143. The summed E-state index contributed by atoms with van der Waals surface area (Å²) in [7, 11) is 2.16. The van der Waals surface area contributed by atoms with E-state index < -0.39 is 0 Å². The molecule has 1 aliphatic rings. The molecule has 1 unspecified atom stereocenters. The third-order valence-electron chi connectivity index (χ3n) is 5.90. The average molecular weight is 413 g/mol. The van der Waals surface area contributed by atoms with Crippen molar-refractivity contribution < 1.29 is 0 Å². The Bertz CT molecular complexity index is 1430. The molecule has 0 bridgehead atoms. The fraction of sp³-hybridized carbons (Fsp3) is 0.167. The average Bonchev–Trinajstić information content (AvgIpc) is 3.34. The largest absolute Gasteiger partial charge is 0.355 e. The minimum Gasteiger partial charge on any atom is -0.301 e. The van der Waals surface area contributed by atoms with Crippen molar-refractivity contribution in [3.63, 3.8) is 0 Å². The van der Waals surface area contributed by atoms with Crippen molar-refractivity contribution in [2.75, 3.05) is 13.6 Å². The molecule has 6 rings (SSSR count). The second kappa shape index (κ2) is 6.65. The molecule has 0 N–H and O–H groups in total. The van der Waals surface area contributed by atoms with E-state index in [4.69, 9.17) is 0 Å². The summed E-state index contributed by atoms with van der Waals surface area (Å²) in [5.74, 6) is 0.336. The van der Waals surface area contributed by atoms with Crippen molar-refractivity contribution >= 4 is 27.1 Å². The Morgan fingerprint density at radius 1 is 1.03 bits per heavy atom. The van der Waals surface area contributed by atoms with Crippen LogP contribution in [0.15, 0.2) is 77.7 Å². The maximum Gasteiger partial charge on any atom is 0.355 e. The summed E-state index contributed by atoms with van der Waals surface area (Å²) in [5.41, 5.74) is 3.93. The van der Waals surface area contributed by atoms with E-state index in [1.165, 1.54) is 30.8 Å². The van der Waals surface area contributed by atoms with Gasteiger partial charge in [-0.15, -0.1) is 16.4 Å². The van der Waals surface area contributed by atoms with Gasteiger partial charge in [0.05, 0.1) is 5.69 Å². The summed E-state index contributed by atoms with van der Waals surface area (Å²) < 4.78 is 4.40. The summed E-state index contributed by atoms with van der Waals surface area (Å²) in [5, 5.41) is 5.82. The summed E-state index contributed by atoms with van der Waals surface area (Å²) in [6, 6.07) is 22.8. The molecule has 6 heteroatoms. The number of thiophene rings is 1. The number of pyridine rings is 1. The molecule has 1 atom stereocenters. The maximum atomic E-state index is 12.8. The van der Waals surface area contributed by atoms with E-state index in [0.29, 0.717) is 11.6 Å². The summed E-state index contributed by atoms with van der Waals surface area (Å²) in [6.45, 7) is 1.86. The van der Waals surface area contributed by atoms with E-state index in [-0.39, 0.29) is 5.69 Å². The zero-order chi connectivity index (χ0) is 20.2. The second-order valence-corrected chi connectivity index (χ2v) is 9.06. The summed E-state index contributed by atoms with van der Waals surface area (Å²) >= 11 is 1.88. The smallest absolute Gasteiger partial charge is 0.301 e. The van der Waals surface area contributed by atoms with Crippen LogP contribution < -0.4 is 5.69 Å². The Hall–Kier alpha value is -3.22. The normalized spacial score (nSPS) is 16.9. The van der Waals surface area contributed by atoms with Crippen molar-refractivity contribution in [1.29, 1.82) is 0 Å². The van der Waals surface area contributed by atoms with Gasteiger partial charge >= 0.3 is 5.69 Å². The van der Waals surface area contributed by atoms with Gasteiger partial charge in [-0.2, -0.15) is 4.68 Å². The Morgan fingerprint density at radius 2 is 1.90 bits per heavy atom. The SMILES string of the molecule is CN1Cc2cc(-n3nc4ccccn4c3=O)ccc2C(c2cc3ccccc3s2)C1. The number of aromatic nitrogens is 3. The third-order valence-corrected chi connectivity index (χ3v) is 7.13. The molecule has 3 aromatic heterocycles. The van der Waals surface area contributed by atoms with E-state index in [9.17, 15) is 4.79 Å². The van der Waals surface area contributed by atoms with Crippen LogP contribution in [0.5, 0.6) is 0 Å². The number of hydrogen-bond acceptors (Lipinski definition) is 4. The van der Waals surface area contributed by atoms with Crippen LogP contribution >= 0.6 is 11.3 Å². The molecule has 0 spiro atoms. The highest BCUT2D eigenvalue weighted by Gasteiger charge is 2.27. The maximum absolute atomic E-state index is 12.8. The zero-order valence-electron chi connectivity index (χ0n) is 16.5. The van der Waals surface area contributed by atoms with Gasteiger partial charge in [0.15, 0.2) is 5.65 Å². The lowest BCUT2D eigenvalue weighted by Crippen LogP contribution is -2.31. The Balaban J connectivity index is 1.47. The topological polar surface area (TPSA) is 42.5 Å². The zero-order valence-corrected chi connectivity index (χ0v) is 17.3. The molecule has 148 valence electrons. The van der Waals surface area contributed by atoms with Gasteiger partial charge in [0.2, 0.25) is 0 Å². The number of hydrogen-bond donors (Lipinski definition) is 0. The van der Waals surface area contributed by atoms with Crippen LogP contribution in [0.1, 0.15) is 21.9 Å². The van der Waals surface area contributed by atoms with Crippen LogP contribution in [0.25, 0.3) is 21.4 Å². The number of benzene rings is 2. The van der Waals surface area contributed by atoms with E-state index in [1.54, 1.807) is 10.6 Å². The molecule has 4 heterocycles. The Morgan fingerprint density at radius 3 is 2.77 bits per heavy atom. The summed E-state index contributed by atoms with van der Waals surface area (Å²) in [4.78, 5) is 16.5.